The van der Waals surface area contributed by atoms with Gasteiger partial charge in [0.05, 0.1) is 22.5 Å². The highest BCUT2D eigenvalue weighted by Crippen LogP contribution is 2.30. The number of nitrogens with zero attached hydrogens (tertiary/aromatic N) is 4. The number of halogens is 6. The van der Waals surface area contributed by atoms with Crippen LogP contribution < -0.4 is 0 Å². The lowest BCUT2D eigenvalue weighted by Crippen LogP contribution is -2.45. The standard InChI is InChI=1S/C30H26F6N4O2/c31-29(32,33)23-7-1-21(2-8-23)5-11-27-37-25(19-41-27)17-39-13-15-40(16-14-39)18-26-20-42-28(38-26)12-6-22-3-9-24(10-4-22)30(34,35)36/h1-12,19-20H,13-18H2/b11-5+,12-6+. The Kier molecular flexibility index (Phi) is 8.64. The molecule has 3 heterocycles. The molecule has 0 spiro atoms. The predicted octanol–water partition coefficient (Wildman–Crippen LogP) is 7.36. The summed E-state index contributed by atoms with van der Waals surface area (Å²) in [7, 11) is 0. The summed E-state index contributed by atoms with van der Waals surface area (Å²) in [5, 5.41) is 0. The van der Waals surface area contributed by atoms with Gasteiger partial charge in [-0.3, -0.25) is 9.80 Å². The van der Waals surface area contributed by atoms with Gasteiger partial charge in [0.1, 0.15) is 12.5 Å². The molecule has 0 atom stereocenters. The van der Waals surface area contributed by atoms with Gasteiger partial charge < -0.3 is 8.83 Å². The molecule has 1 aliphatic heterocycles. The van der Waals surface area contributed by atoms with Crippen LogP contribution in [0.2, 0.25) is 0 Å². The highest BCUT2D eigenvalue weighted by atomic mass is 19.4. The molecule has 2 aromatic carbocycles. The summed E-state index contributed by atoms with van der Waals surface area (Å²) in [5.41, 5.74) is 1.33. The Balaban J connectivity index is 1.06. The summed E-state index contributed by atoms with van der Waals surface area (Å²) in [6.07, 6.45) is 0.950. The number of hydrogen-bond acceptors (Lipinski definition) is 6. The van der Waals surface area contributed by atoms with Crippen molar-refractivity contribution < 1.29 is 35.2 Å². The summed E-state index contributed by atoms with van der Waals surface area (Å²) in [4.78, 5) is 13.4. The second-order valence-corrected chi connectivity index (χ2v) is 9.81. The molecule has 6 nitrogen and oxygen atoms in total. The Bertz CT molecular complexity index is 1400. The topological polar surface area (TPSA) is 58.5 Å². The molecular formula is C30H26F6N4O2. The zero-order valence-electron chi connectivity index (χ0n) is 22.2. The van der Waals surface area contributed by atoms with Gasteiger partial charge in [-0.1, -0.05) is 24.3 Å². The first-order valence-electron chi connectivity index (χ1n) is 13.1. The van der Waals surface area contributed by atoms with Gasteiger partial charge in [0.25, 0.3) is 0 Å². The maximum Gasteiger partial charge on any atom is 0.416 e. The quantitative estimate of drug-likeness (QED) is 0.201. The fourth-order valence-corrected chi connectivity index (χ4v) is 4.41. The summed E-state index contributed by atoms with van der Waals surface area (Å²) >= 11 is 0. The van der Waals surface area contributed by atoms with Crippen molar-refractivity contribution >= 4 is 24.3 Å². The number of alkyl halides is 6. The van der Waals surface area contributed by atoms with Crippen molar-refractivity contribution in [2.75, 3.05) is 26.2 Å². The Labute approximate surface area is 237 Å². The molecule has 1 fully saturated rings. The highest BCUT2D eigenvalue weighted by molar-refractivity contribution is 5.67. The van der Waals surface area contributed by atoms with Crippen molar-refractivity contribution in [3.63, 3.8) is 0 Å². The lowest BCUT2D eigenvalue weighted by Gasteiger charge is -2.33. The number of benzene rings is 2. The Hall–Kier alpha value is -4.16. The number of aromatic nitrogens is 2. The van der Waals surface area contributed by atoms with E-state index in [-0.39, 0.29) is 0 Å². The smallest absolute Gasteiger partial charge is 0.416 e. The molecule has 220 valence electrons. The molecule has 4 aromatic rings. The van der Waals surface area contributed by atoms with Crippen LogP contribution >= 0.6 is 0 Å². The number of piperazine rings is 1. The van der Waals surface area contributed by atoms with E-state index in [1.807, 2.05) is 0 Å². The van der Waals surface area contributed by atoms with Crippen LogP contribution in [0.1, 0.15) is 45.4 Å². The number of oxazole rings is 2. The van der Waals surface area contributed by atoms with E-state index in [9.17, 15) is 26.3 Å². The maximum absolute atomic E-state index is 12.7. The Morgan fingerprint density at radius 3 is 1.26 bits per heavy atom. The molecule has 2 aromatic heterocycles. The van der Waals surface area contributed by atoms with Crippen molar-refractivity contribution in [2.24, 2.45) is 0 Å². The van der Waals surface area contributed by atoms with Gasteiger partial charge in [0.2, 0.25) is 11.8 Å². The molecule has 0 aliphatic carbocycles. The van der Waals surface area contributed by atoms with Gasteiger partial charge >= 0.3 is 12.4 Å². The van der Waals surface area contributed by atoms with Crippen molar-refractivity contribution in [3.8, 4) is 0 Å². The Morgan fingerprint density at radius 1 is 0.571 bits per heavy atom. The van der Waals surface area contributed by atoms with Crippen LogP contribution in [-0.4, -0.2) is 45.9 Å². The number of hydrogen-bond donors (Lipinski definition) is 0. The zero-order valence-corrected chi connectivity index (χ0v) is 22.2. The minimum atomic E-state index is -4.37. The van der Waals surface area contributed by atoms with Crippen molar-refractivity contribution in [2.45, 2.75) is 25.4 Å². The minimum Gasteiger partial charge on any atom is -0.445 e. The van der Waals surface area contributed by atoms with Crippen LogP contribution in [0.4, 0.5) is 26.3 Å². The third-order valence-electron chi connectivity index (χ3n) is 6.69. The normalized spacial score (nSPS) is 15.8. The predicted molar refractivity (Wildman–Crippen MR) is 144 cm³/mol. The SMILES string of the molecule is FC(F)(F)c1ccc(/C=C/c2nc(CN3CCN(Cc4coc(/C=C/c5ccc(C(F)(F)F)cc5)n4)CC3)co2)cc1. The zero-order chi connectivity index (χ0) is 29.7. The van der Waals surface area contributed by atoms with E-state index in [4.69, 9.17) is 8.83 Å². The molecule has 0 saturated carbocycles. The lowest BCUT2D eigenvalue weighted by atomic mass is 10.1. The molecule has 5 rings (SSSR count). The monoisotopic (exact) mass is 588 g/mol. The largest absolute Gasteiger partial charge is 0.445 e. The van der Waals surface area contributed by atoms with E-state index in [0.717, 1.165) is 61.8 Å². The summed E-state index contributed by atoms with van der Waals surface area (Å²) < 4.78 is 87.3. The van der Waals surface area contributed by atoms with Gasteiger partial charge in [-0.15, -0.1) is 0 Å². The summed E-state index contributed by atoms with van der Waals surface area (Å²) in [6.45, 7) is 4.44. The fourth-order valence-electron chi connectivity index (χ4n) is 4.41. The van der Waals surface area contributed by atoms with Gasteiger partial charge in [0.15, 0.2) is 0 Å². The highest BCUT2D eigenvalue weighted by Gasteiger charge is 2.30. The molecule has 0 radical (unpaired) electrons. The van der Waals surface area contributed by atoms with Gasteiger partial charge in [-0.05, 0) is 47.5 Å². The van der Waals surface area contributed by atoms with E-state index >= 15 is 0 Å². The molecule has 1 aliphatic rings. The minimum absolute atomic E-state index is 0.373. The fraction of sp³-hybridized carbons (Fsp3) is 0.267. The Morgan fingerprint density at radius 2 is 0.929 bits per heavy atom. The van der Waals surface area contributed by atoms with E-state index < -0.39 is 23.5 Å². The first-order valence-corrected chi connectivity index (χ1v) is 13.1. The molecule has 0 amide bonds. The van der Waals surface area contributed by atoms with Crippen LogP contribution in [0.5, 0.6) is 0 Å². The van der Waals surface area contributed by atoms with Crippen molar-refractivity contribution in [3.05, 3.63) is 106 Å². The maximum atomic E-state index is 12.7. The van der Waals surface area contributed by atoms with Crippen molar-refractivity contribution in [1.29, 1.82) is 0 Å². The average Bonchev–Trinajstić information content (AvgIpc) is 3.60. The van der Waals surface area contributed by atoms with E-state index in [2.05, 4.69) is 19.8 Å². The number of rotatable bonds is 8. The molecule has 0 bridgehead atoms. The van der Waals surface area contributed by atoms with Crippen LogP contribution in [0.25, 0.3) is 24.3 Å². The van der Waals surface area contributed by atoms with E-state index in [1.54, 1.807) is 36.8 Å². The van der Waals surface area contributed by atoms with Crippen LogP contribution in [0.15, 0.2) is 69.9 Å². The third kappa shape index (κ3) is 7.98. The lowest BCUT2D eigenvalue weighted by molar-refractivity contribution is -0.138. The van der Waals surface area contributed by atoms with Crippen LogP contribution in [-0.2, 0) is 25.4 Å². The van der Waals surface area contributed by atoms with Gasteiger partial charge in [-0.2, -0.15) is 26.3 Å². The second kappa shape index (κ2) is 12.4. The van der Waals surface area contributed by atoms with Crippen molar-refractivity contribution in [1.82, 2.24) is 19.8 Å². The summed E-state index contributed by atoms with van der Waals surface area (Å²) in [5.74, 6) is 0.746. The third-order valence-corrected chi connectivity index (χ3v) is 6.69. The van der Waals surface area contributed by atoms with Gasteiger partial charge in [0, 0.05) is 51.4 Å². The van der Waals surface area contributed by atoms with Gasteiger partial charge in [-0.25, -0.2) is 9.97 Å². The molecule has 0 unspecified atom stereocenters. The summed E-state index contributed by atoms with van der Waals surface area (Å²) in [6, 6.07) is 9.70. The van der Waals surface area contributed by atoms with Crippen LogP contribution in [0.3, 0.4) is 0 Å². The first-order chi connectivity index (χ1) is 20.0. The average molecular weight is 589 g/mol. The molecule has 12 heteroatoms. The van der Waals surface area contributed by atoms with E-state index in [1.165, 1.54) is 24.3 Å². The molecule has 1 saturated heterocycles. The second-order valence-electron chi connectivity index (χ2n) is 9.81. The van der Waals surface area contributed by atoms with E-state index in [0.29, 0.717) is 36.0 Å². The molecular weight excluding hydrogens is 562 g/mol. The van der Waals surface area contributed by atoms with Crippen LogP contribution in [0, 0.1) is 0 Å². The first kappa shape index (κ1) is 29.3. The molecule has 42 heavy (non-hydrogen) atoms. The molecule has 0 N–H and O–H groups in total.